The van der Waals surface area contributed by atoms with Gasteiger partial charge < -0.3 is 9.47 Å². The Morgan fingerprint density at radius 2 is 2.13 bits per heavy atom. The molecule has 0 unspecified atom stereocenters. The van der Waals surface area contributed by atoms with E-state index in [9.17, 15) is 9.18 Å². The smallest absolute Gasteiger partial charge is 0.347 e. The van der Waals surface area contributed by atoms with Gasteiger partial charge in [-0.1, -0.05) is 29.8 Å². The topological polar surface area (TPSA) is 48.4 Å². The van der Waals surface area contributed by atoms with E-state index in [-0.39, 0.29) is 12.4 Å². The van der Waals surface area contributed by atoms with Crippen molar-refractivity contribution in [3.63, 3.8) is 0 Å². The van der Waals surface area contributed by atoms with E-state index in [0.717, 1.165) is 9.88 Å². The Kier molecular flexibility index (Phi) is 6.12. The van der Waals surface area contributed by atoms with Crippen LogP contribution in [0, 0.1) is 5.82 Å². The molecule has 0 saturated carbocycles. The van der Waals surface area contributed by atoms with Crippen LogP contribution in [-0.4, -0.2) is 17.1 Å². The third kappa shape index (κ3) is 5.00. The number of benzene rings is 1. The first-order valence-corrected chi connectivity index (χ1v) is 8.70. The lowest BCUT2D eigenvalue weighted by Gasteiger charge is -2.14. The summed E-state index contributed by atoms with van der Waals surface area (Å²) in [5.41, 5.74) is 0. The van der Waals surface area contributed by atoms with Gasteiger partial charge in [-0.3, -0.25) is 0 Å². The fourth-order valence-corrected chi connectivity index (χ4v) is 2.89. The number of nitrogens with zero attached hydrogens (tertiary/aromatic N) is 1. The van der Waals surface area contributed by atoms with E-state index >= 15 is 0 Å². The van der Waals surface area contributed by atoms with Gasteiger partial charge in [-0.15, -0.1) is 11.3 Å². The molecule has 0 saturated heterocycles. The van der Waals surface area contributed by atoms with E-state index in [1.54, 1.807) is 12.3 Å². The number of ether oxygens (including phenoxy) is 2. The van der Waals surface area contributed by atoms with Crippen LogP contribution in [0.25, 0.3) is 0 Å². The van der Waals surface area contributed by atoms with Crippen LogP contribution in [0.4, 0.5) is 4.39 Å². The van der Waals surface area contributed by atoms with Crippen molar-refractivity contribution in [2.24, 2.45) is 0 Å². The second kappa shape index (κ2) is 7.88. The van der Waals surface area contributed by atoms with Gasteiger partial charge in [0, 0.05) is 15.5 Å². The number of halogens is 2. The molecule has 2 rings (SSSR count). The molecule has 2 aromatic rings. The largest absolute Gasteiger partial charge is 0.476 e. The zero-order valence-corrected chi connectivity index (χ0v) is 15.4. The lowest BCUT2D eigenvalue weighted by Crippen LogP contribution is -2.26. The van der Waals surface area contributed by atoms with Crippen molar-refractivity contribution in [2.45, 2.75) is 39.4 Å². The standard InChI is InChI=1S/C16H17BrFNO3S/c1-9(2)14-7-19-15(23-14)8-21-16(20)10(3)22-13-5-4-11(17)6-12(13)18/h4-7,9-10H,8H2,1-3H3/t10-/m0/s1. The summed E-state index contributed by atoms with van der Waals surface area (Å²) < 4.78 is 24.8. The summed E-state index contributed by atoms with van der Waals surface area (Å²) in [7, 11) is 0. The summed E-state index contributed by atoms with van der Waals surface area (Å²) in [4.78, 5) is 17.3. The van der Waals surface area contributed by atoms with Gasteiger partial charge in [-0.05, 0) is 31.0 Å². The van der Waals surface area contributed by atoms with Crippen LogP contribution in [0.2, 0.25) is 0 Å². The van der Waals surface area contributed by atoms with Gasteiger partial charge in [0.1, 0.15) is 11.6 Å². The molecule has 1 heterocycles. The molecule has 0 spiro atoms. The zero-order valence-electron chi connectivity index (χ0n) is 13.0. The van der Waals surface area contributed by atoms with Gasteiger partial charge in [0.15, 0.2) is 17.7 Å². The number of aromatic nitrogens is 1. The fraction of sp³-hybridized carbons (Fsp3) is 0.375. The summed E-state index contributed by atoms with van der Waals surface area (Å²) in [5.74, 6) is -0.706. The quantitative estimate of drug-likeness (QED) is 0.659. The van der Waals surface area contributed by atoms with E-state index < -0.39 is 17.9 Å². The first-order chi connectivity index (χ1) is 10.9. The van der Waals surface area contributed by atoms with Crippen molar-refractivity contribution < 1.29 is 18.7 Å². The molecule has 0 aliphatic rings. The van der Waals surface area contributed by atoms with Crippen LogP contribution in [0.3, 0.4) is 0 Å². The minimum Gasteiger partial charge on any atom is -0.476 e. The van der Waals surface area contributed by atoms with E-state index in [1.807, 2.05) is 0 Å². The van der Waals surface area contributed by atoms with Gasteiger partial charge in [-0.25, -0.2) is 14.2 Å². The number of thiazole rings is 1. The molecule has 124 valence electrons. The Hall–Kier alpha value is -1.47. The number of hydrogen-bond donors (Lipinski definition) is 0. The van der Waals surface area contributed by atoms with Crippen LogP contribution >= 0.6 is 27.3 Å². The number of carbonyl (C=O) groups is 1. The second-order valence-corrected chi connectivity index (χ2v) is 7.32. The van der Waals surface area contributed by atoms with Crippen molar-refractivity contribution in [2.75, 3.05) is 0 Å². The highest BCUT2D eigenvalue weighted by Crippen LogP contribution is 2.24. The molecule has 4 nitrogen and oxygen atoms in total. The molecular formula is C16H17BrFNO3S. The Labute approximate surface area is 146 Å². The molecule has 0 N–H and O–H groups in total. The maximum atomic E-state index is 13.7. The number of carbonyl (C=O) groups excluding carboxylic acids is 1. The molecule has 0 radical (unpaired) electrons. The second-order valence-electron chi connectivity index (χ2n) is 5.25. The third-order valence-electron chi connectivity index (χ3n) is 3.01. The highest BCUT2D eigenvalue weighted by atomic mass is 79.9. The molecule has 0 aliphatic carbocycles. The Balaban J connectivity index is 1.89. The molecule has 0 amide bonds. The normalized spacial score (nSPS) is 12.3. The molecule has 1 aromatic heterocycles. The zero-order chi connectivity index (χ0) is 17.0. The summed E-state index contributed by atoms with van der Waals surface area (Å²) in [6.07, 6.45) is 0.880. The summed E-state index contributed by atoms with van der Waals surface area (Å²) in [5, 5.41) is 0.726. The van der Waals surface area contributed by atoms with Crippen molar-refractivity contribution in [1.82, 2.24) is 4.98 Å². The SMILES string of the molecule is CC(C)c1cnc(COC(=O)[C@H](C)Oc2ccc(Br)cc2F)s1. The van der Waals surface area contributed by atoms with Crippen molar-refractivity contribution in [1.29, 1.82) is 0 Å². The summed E-state index contributed by atoms with van der Waals surface area (Å²) >= 11 is 4.67. The first kappa shape index (κ1) is 17.9. The Morgan fingerprint density at radius 3 is 2.74 bits per heavy atom. The molecule has 1 atom stereocenters. The highest BCUT2D eigenvalue weighted by Gasteiger charge is 2.19. The third-order valence-corrected chi connectivity index (χ3v) is 4.77. The van der Waals surface area contributed by atoms with E-state index in [1.165, 1.54) is 30.4 Å². The van der Waals surface area contributed by atoms with Crippen LogP contribution < -0.4 is 4.74 Å². The van der Waals surface area contributed by atoms with Crippen molar-refractivity contribution >= 4 is 33.2 Å². The van der Waals surface area contributed by atoms with E-state index in [2.05, 4.69) is 34.8 Å². The van der Waals surface area contributed by atoms with E-state index in [0.29, 0.717) is 10.4 Å². The predicted molar refractivity (Wildman–Crippen MR) is 90.2 cm³/mol. The van der Waals surface area contributed by atoms with Crippen LogP contribution in [0.5, 0.6) is 5.75 Å². The summed E-state index contributed by atoms with van der Waals surface area (Å²) in [6, 6.07) is 4.37. The maximum Gasteiger partial charge on any atom is 0.347 e. The molecular weight excluding hydrogens is 385 g/mol. The minimum atomic E-state index is -0.907. The minimum absolute atomic E-state index is 0.00833. The highest BCUT2D eigenvalue weighted by molar-refractivity contribution is 9.10. The Morgan fingerprint density at radius 1 is 1.39 bits per heavy atom. The molecule has 0 fully saturated rings. The number of esters is 1. The number of hydrogen-bond acceptors (Lipinski definition) is 5. The fourth-order valence-electron chi connectivity index (χ4n) is 1.72. The van der Waals surface area contributed by atoms with Gasteiger partial charge >= 0.3 is 5.97 Å². The van der Waals surface area contributed by atoms with Gasteiger partial charge in [0.05, 0.1) is 0 Å². The molecule has 23 heavy (non-hydrogen) atoms. The monoisotopic (exact) mass is 401 g/mol. The average molecular weight is 402 g/mol. The molecule has 0 aliphatic heterocycles. The van der Waals surface area contributed by atoms with Gasteiger partial charge in [-0.2, -0.15) is 0 Å². The first-order valence-electron chi connectivity index (χ1n) is 7.09. The van der Waals surface area contributed by atoms with Gasteiger partial charge in [0.2, 0.25) is 0 Å². The van der Waals surface area contributed by atoms with Gasteiger partial charge in [0.25, 0.3) is 0 Å². The molecule has 1 aromatic carbocycles. The lowest BCUT2D eigenvalue weighted by atomic mass is 10.2. The summed E-state index contributed by atoms with van der Waals surface area (Å²) in [6.45, 7) is 5.76. The molecule has 7 heteroatoms. The van der Waals surface area contributed by atoms with Crippen molar-refractivity contribution in [3.8, 4) is 5.75 Å². The maximum absolute atomic E-state index is 13.7. The predicted octanol–water partition coefficient (Wildman–Crippen LogP) is 4.68. The lowest BCUT2D eigenvalue weighted by molar-refractivity contribution is -0.152. The molecule has 0 bridgehead atoms. The number of rotatable bonds is 6. The van der Waals surface area contributed by atoms with E-state index in [4.69, 9.17) is 9.47 Å². The van der Waals surface area contributed by atoms with Crippen LogP contribution in [0.15, 0.2) is 28.9 Å². The van der Waals surface area contributed by atoms with Crippen LogP contribution in [0.1, 0.15) is 36.6 Å². The van der Waals surface area contributed by atoms with Crippen LogP contribution in [-0.2, 0) is 16.1 Å². The van der Waals surface area contributed by atoms with Crippen molar-refractivity contribution in [3.05, 3.63) is 44.6 Å². The Bertz CT molecular complexity index is 690. The average Bonchev–Trinajstić information content (AvgIpc) is 2.96.